The third-order valence-electron chi connectivity index (χ3n) is 5.33. The first-order valence-corrected chi connectivity index (χ1v) is 9.67. The van der Waals surface area contributed by atoms with Crippen molar-refractivity contribution >= 4 is 16.6 Å². The SMILES string of the molecule is CC(N=O)c1ccc2nnc([C@H](C)c3c(F)cc4ncc(C(C)(C)O)cc4c3F)n2n1. The molecule has 1 aromatic carbocycles. The van der Waals surface area contributed by atoms with Gasteiger partial charge >= 0.3 is 0 Å². The second kappa shape index (κ2) is 7.38. The van der Waals surface area contributed by atoms with Crippen LogP contribution >= 0.6 is 0 Å². The van der Waals surface area contributed by atoms with E-state index in [4.69, 9.17) is 0 Å². The van der Waals surface area contributed by atoms with E-state index in [0.29, 0.717) is 16.9 Å². The van der Waals surface area contributed by atoms with Crippen LogP contribution in [0.5, 0.6) is 0 Å². The molecular formula is C21H20F2N6O2. The molecule has 0 aliphatic carbocycles. The van der Waals surface area contributed by atoms with Crippen LogP contribution in [0.25, 0.3) is 16.6 Å². The summed E-state index contributed by atoms with van der Waals surface area (Å²) in [7, 11) is 0. The van der Waals surface area contributed by atoms with Crippen molar-refractivity contribution in [3.8, 4) is 0 Å². The number of aromatic nitrogens is 5. The summed E-state index contributed by atoms with van der Waals surface area (Å²) >= 11 is 0. The van der Waals surface area contributed by atoms with E-state index in [0.717, 1.165) is 6.07 Å². The van der Waals surface area contributed by atoms with Gasteiger partial charge in [0.25, 0.3) is 0 Å². The summed E-state index contributed by atoms with van der Waals surface area (Å²) in [6.45, 7) is 6.29. The van der Waals surface area contributed by atoms with Crippen LogP contribution in [-0.2, 0) is 5.60 Å². The average Bonchev–Trinajstić information content (AvgIpc) is 3.15. The van der Waals surface area contributed by atoms with Gasteiger partial charge in [0, 0.05) is 34.7 Å². The van der Waals surface area contributed by atoms with Crippen LogP contribution in [0, 0.1) is 16.5 Å². The van der Waals surface area contributed by atoms with Crippen molar-refractivity contribution in [1.82, 2.24) is 24.8 Å². The molecule has 0 saturated carbocycles. The highest BCUT2D eigenvalue weighted by molar-refractivity contribution is 5.81. The topological polar surface area (TPSA) is 106 Å². The first-order valence-electron chi connectivity index (χ1n) is 9.67. The third-order valence-corrected chi connectivity index (χ3v) is 5.33. The zero-order chi connectivity index (χ0) is 22.5. The van der Waals surface area contributed by atoms with Crippen molar-refractivity contribution in [2.75, 3.05) is 0 Å². The second-order valence-electron chi connectivity index (χ2n) is 8.03. The molecule has 3 heterocycles. The molecule has 4 aromatic rings. The molecule has 31 heavy (non-hydrogen) atoms. The summed E-state index contributed by atoms with van der Waals surface area (Å²) in [4.78, 5) is 15.0. The number of benzene rings is 1. The fraction of sp³-hybridized carbons (Fsp3) is 0.333. The summed E-state index contributed by atoms with van der Waals surface area (Å²) in [5.74, 6) is -2.22. The maximum Gasteiger partial charge on any atom is 0.177 e. The molecule has 0 aliphatic heterocycles. The molecule has 0 spiro atoms. The quantitative estimate of drug-likeness (QED) is 0.481. The zero-order valence-electron chi connectivity index (χ0n) is 17.3. The number of pyridine rings is 1. The molecule has 0 amide bonds. The van der Waals surface area contributed by atoms with Gasteiger partial charge in [-0.3, -0.25) is 4.98 Å². The summed E-state index contributed by atoms with van der Waals surface area (Å²) < 4.78 is 31.8. The molecule has 0 bridgehead atoms. The van der Waals surface area contributed by atoms with Gasteiger partial charge in [-0.15, -0.1) is 10.2 Å². The molecule has 0 fully saturated rings. The Morgan fingerprint density at radius 1 is 1.16 bits per heavy atom. The minimum Gasteiger partial charge on any atom is -0.386 e. The number of hydrogen-bond acceptors (Lipinski definition) is 7. The number of nitroso groups, excluding NO2 is 1. The summed E-state index contributed by atoms with van der Waals surface area (Å²) in [6.07, 6.45) is 1.39. The number of fused-ring (bicyclic) bond motifs is 2. The zero-order valence-corrected chi connectivity index (χ0v) is 17.3. The molecule has 1 N–H and O–H groups in total. The summed E-state index contributed by atoms with van der Waals surface area (Å²) in [6, 6.07) is 5.13. The van der Waals surface area contributed by atoms with Crippen LogP contribution in [-0.4, -0.2) is 29.9 Å². The average molecular weight is 426 g/mol. The summed E-state index contributed by atoms with van der Waals surface area (Å²) in [5, 5.41) is 25.7. The predicted molar refractivity (Wildman–Crippen MR) is 109 cm³/mol. The van der Waals surface area contributed by atoms with Gasteiger partial charge < -0.3 is 5.11 Å². The number of halogens is 2. The lowest BCUT2D eigenvalue weighted by molar-refractivity contribution is 0.0784. The maximum absolute atomic E-state index is 15.5. The van der Waals surface area contributed by atoms with Crippen LogP contribution < -0.4 is 0 Å². The van der Waals surface area contributed by atoms with E-state index in [-0.39, 0.29) is 22.3 Å². The van der Waals surface area contributed by atoms with E-state index in [1.165, 1.54) is 16.8 Å². The second-order valence-corrected chi connectivity index (χ2v) is 8.03. The normalized spacial score (nSPS) is 14.2. The Bertz CT molecular complexity index is 1310. The molecule has 2 atom stereocenters. The first kappa shape index (κ1) is 20.9. The maximum atomic E-state index is 15.5. The Hall–Kier alpha value is -3.40. The van der Waals surface area contributed by atoms with Gasteiger partial charge in [0.1, 0.15) is 17.7 Å². The monoisotopic (exact) mass is 426 g/mol. The molecule has 160 valence electrons. The lowest BCUT2D eigenvalue weighted by atomic mass is 9.94. The molecule has 0 aliphatic rings. The molecule has 1 unspecified atom stereocenters. The molecule has 4 rings (SSSR count). The van der Waals surface area contributed by atoms with Crippen LogP contribution in [0.4, 0.5) is 8.78 Å². The highest BCUT2D eigenvalue weighted by Gasteiger charge is 2.27. The lowest BCUT2D eigenvalue weighted by Crippen LogP contribution is -2.16. The molecular weight excluding hydrogens is 406 g/mol. The van der Waals surface area contributed by atoms with Crippen molar-refractivity contribution in [2.24, 2.45) is 5.18 Å². The Morgan fingerprint density at radius 2 is 1.90 bits per heavy atom. The standard InChI is InChI=1S/C21H20F2N6O2/c1-10(20-26-25-17-6-5-15(11(2)28-31)27-29(17)20)18-14(22)8-16-13(19(18)23)7-12(9-24-16)21(3,4)30/h5-11,30H,1-4H3/t10-,11?/m1/s1. The fourth-order valence-electron chi connectivity index (χ4n) is 3.44. The van der Waals surface area contributed by atoms with Gasteiger partial charge in [-0.05, 0) is 39.0 Å². The van der Waals surface area contributed by atoms with Gasteiger partial charge in [-0.2, -0.15) is 14.5 Å². The minimum absolute atomic E-state index is 0.0871. The lowest BCUT2D eigenvalue weighted by Gasteiger charge is -2.19. The molecule has 0 saturated heterocycles. The van der Waals surface area contributed by atoms with Crippen molar-refractivity contribution in [2.45, 2.75) is 45.3 Å². The number of rotatable bonds is 5. The number of nitrogens with zero attached hydrogens (tertiary/aromatic N) is 6. The van der Waals surface area contributed by atoms with Crippen molar-refractivity contribution in [3.05, 3.63) is 69.6 Å². The van der Waals surface area contributed by atoms with E-state index < -0.39 is 29.2 Å². The summed E-state index contributed by atoms with van der Waals surface area (Å²) in [5.41, 5.74) is -0.161. The molecule has 8 nitrogen and oxygen atoms in total. The van der Waals surface area contributed by atoms with Gasteiger partial charge in [0.2, 0.25) is 0 Å². The van der Waals surface area contributed by atoms with E-state index >= 15 is 4.39 Å². The third kappa shape index (κ3) is 3.52. The molecule has 0 radical (unpaired) electrons. The van der Waals surface area contributed by atoms with Gasteiger partial charge in [0.05, 0.1) is 16.8 Å². The van der Waals surface area contributed by atoms with Crippen molar-refractivity contribution in [3.63, 3.8) is 0 Å². The minimum atomic E-state index is -1.24. The van der Waals surface area contributed by atoms with Gasteiger partial charge in [-0.25, -0.2) is 8.78 Å². The Labute approximate surface area is 175 Å². The van der Waals surface area contributed by atoms with Crippen LogP contribution in [0.1, 0.15) is 62.3 Å². The van der Waals surface area contributed by atoms with Gasteiger partial charge in [-0.1, -0.05) is 12.1 Å². The van der Waals surface area contributed by atoms with Crippen molar-refractivity contribution in [1.29, 1.82) is 0 Å². The predicted octanol–water partition coefficient (Wildman–Crippen LogP) is 4.16. The van der Waals surface area contributed by atoms with Crippen LogP contribution in [0.2, 0.25) is 0 Å². The van der Waals surface area contributed by atoms with E-state index in [1.54, 1.807) is 39.8 Å². The highest BCUT2D eigenvalue weighted by Crippen LogP contribution is 2.33. The Balaban J connectivity index is 1.89. The van der Waals surface area contributed by atoms with E-state index in [1.807, 2.05) is 0 Å². The smallest absolute Gasteiger partial charge is 0.177 e. The molecule has 3 aromatic heterocycles. The Morgan fingerprint density at radius 3 is 2.58 bits per heavy atom. The highest BCUT2D eigenvalue weighted by atomic mass is 19.1. The molecule has 10 heteroatoms. The van der Waals surface area contributed by atoms with Gasteiger partial charge in [0.15, 0.2) is 11.5 Å². The number of aliphatic hydroxyl groups is 1. The number of hydrogen-bond donors (Lipinski definition) is 1. The van der Waals surface area contributed by atoms with Crippen molar-refractivity contribution < 1.29 is 13.9 Å². The van der Waals surface area contributed by atoms with E-state index in [2.05, 4.69) is 25.5 Å². The van der Waals surface area contributed by atoms with Crippen LogP contribution in [0.15, 0.2) is 35.6 Å². The van der Waals surface area contributed by atoms with Crippen LogP contribution in [0.3, 0.4) is 0 Å². The first-order chi connectivity index (χ1) is 14.6. The van der Waals surface area contributed by atoms with E-state index in [9.17, 15) is 14.4 Å². The largest absolute Gasteiger partial charge is 0.386 e. The Kier molecular flexibility index (Phi) is 4.97. The fourth-order valence-corrected chi connectivity index (χ4v) is 3.44.